The van der Waals surface area contributed by atoms with Gasteiger partial charge in [-0.05, 0) is 71.2 Å². The van der Waals surface area contributed by atoms with Crippen molar-refractivity contribution in [2.75, 3.05) is 75.5 Å². The van der Waals surface area contributed by atoms with E-state index < -0.39 is 19.7 Å². The average Bonchev–Trinajstić information content (AvgIpc) is 3.24. The molecule has 13 heteroatoms. The lowest BCUT2D eigenvalue weighted by Gasteiger charge is -2.44. The number of hydrogen-bond donors (Lipinski definition) is 1. The predicted molar refractivity (Wildman–Crippen MR) is 171 cm³/mol. The minimum atomic E-state index is -3.41. The molecule has 2 atom stereocenters. The van der Waals surface area contributed by atoms with E-state index in [0.29, 0.717) is 35.6 Å². The van der Waals surface area contributed by atoms with Crippen LogP contribution in [0, 0.1) is 11.6 Å². The number of anilines is 3. The Balaban J connectivity index is 0.000000309. The molecular formula is C31H40F4N7OP. The molecular weight excluding hydrogens is 593 g/mol. The summed E-state index contributed by atoms with van der Waals surface area (Å²) < 4.78 is 52.0. The molecule has 2 aliphatic rings. The zero-order valence-electron chi connectivity index (χ0n) is 25.8. The van der Waals surface area contributed by atoms with Gasteiger partial charge in [0.2, 0.25) is 5.95 Å². The Bertz CT molecular complexity index is 1400. The first-order chi connectivity index (χ1) is 21.0. The number of nitrogens with one attached hydrogen (secondary N) is 1. The van der Waals surface area contributed by atoms with E-state index in [1.54, 1.807) is 18.5 Å². The molecule has 8 nitrogen and oxygen atoms in total. The van der Waals surface area contributed by atoms with Gasteiger partial charge < -0.3 is 20.0 Å². The van der Waals surface area contributed by atoms with Crippen LogP contribution in [0.4, 0.5) is 34.5 Å². The summed E-state index contributed by atoms with van der Waals surface area (Å²) in [5.74, 6) is -0.278. The standard InChI is InChI=1S/C24H36FN7.C7H4F3OP/c1-17-15-32(16-18(2)30(17)5)23-12-21(25)20(11-22(23)26-3)19-13-27-24(28-14-19)31-8-6-7-29(4)9-10-31;8-6-2-1-5(4-11)7(3-6)12(9)10/h11-14,17-18,26H,6-10,15-16H2,1-5H3;1-4H. The van der Waals surface area contributed by atoms with Gasteiger partial charge >= 0.3 is 0 Å². The maximum atomic E-state index is 15.3. The number of aromatic nitrogens is 2. The van der Waals surface area contributed by atoms with Crippen molar-refractivity contribution in [2.45, 2.75) is 32.4 Å². The Hall–Kier alpha value is -3.34. The Morgan fingerprint density at radius 3 is 2.23 bits per heavy atom. The molecule has 44 heavy (non-hydrogen) atoms. The van der Waals surface area contributed by atoms with Gasteiger partial charge in [-0.25, -0.2) is 18.7 Å². The zero-order chi connectivity index (χ0) is 32.0. The number of carbonyl (C=O) groups excluding carboxylic acids is 1. The van der Waals surface area contributed by atoms with Gasteiger partial charge in [0.05, 0.1) is 16.7 Å². The minimum Gasteiger partial charge on any atom is -0.386 e. The maximum Gasteiger partial charge on any atom is 0.298 e. The van der Waals surface area contributed by atoms with Crippen molar-refractivity contribution in [2.24, 2.45) is 0 Å². The topological polar surface area (TPSA) is 67.8 Å². The van der Waals surface area contributed by atoms with Gasteiger partial charge in [0, 0.05) is 80.9 Å². The van der Waals surface area contributed by atoms with Gasteiger partial charge in [-0.2, -0.15) is 8.39 Å². The molecule has 3 aromatic rings. The summed E-state index contributed by atoms with van der Waals surface area (Å²) in [5.41, 5.74) is 2.90. The molecule has 0 bridgehead atoms. The molecule has 2 aliphatic heterocycles. The number of aldehydes is 1. The van der Waals surface area contributed by atoms with Crippen molar-refractivity contribution < 1.29 is 22.0 Å². The predicted octanol–water partition coefficient (Wildman–Crippen LogP) is 5.51. The van der Waals surface area contributed by atoms with Crippen LogP contribution in [-0.2, 0) is 0 Å². The van der Waals surface area contributed by atoms with Crippen molar-refractivity contribution in [3.8, 4) is 11.1 Å². The summed E-state index contributed by atoms with van der Waals surface area (Å²) >= 11 is 0. The van der Waals surface area contributed by atoms with Crippen molar-refractivity contribution in [3.63, 3.8) is 0 Å². The number of piperazine rings is 1. The summed E-state index contributed by atoms with van der Waals surface area (Å²) in [6, 6.07) is 7.08. The van der Waals surface area contributed by atoms with Crippen LogP contribution in [0.3, 0.4) is 0 Å². The van der Waals surface area contributed by atoms with Crippen LogP contribution in [0.1, 0.15) is 30.6 Å². The molecule has 0 saturated carbocycles. The minimum absolute atomic E-state index is 0.146. The lowest BCUT2D eigenvalue weighted by molar-refractivity contribution is 0.112. The van der Waals surface area contributed by atoms with Crippen molar-refractivity contribution >= 4 is 37.5 Å². The van der Waals surface area contributed by atoms with Crippen LogP contribution in [0.15, 0.2) is 42.7 Å². The van der Waals surface area contributed by atoms with Gasteiger partial charge in [-0.3, -0.25) is 9.69 Å². The highest BCUT2D eigenvalue weighted by Gasteiger charge is 2.28. The van der Waals surface area contributed by atoms with Crippen LogP contribution >= 0.6 is 8.54 Å². The smallest absolute Gasteiger partial charge is 0.298 e. The quantitative estimate of drug-likeness (QED) is 0.217. The van der Waals surface area contributed by atoms with Crippen LogP contribution in [0.2, 0.25) is 0 Å². The normalized spacial score (nSPS) is 19.8. The van der Waals surface area contributed by atoms with E-state index in [9.17, 15) is 17.6 Å². The fourth-order valence-corrected chi connectivity index (χ4v) is 6.02. The Morgan fingerprint density at radius 1 is 0.932 bits per heavy atom. The monoisotopic (exact) mass is 633 g/mol. The van der Waals surface area contributed by atoms with Gasteiger partial charge in [-0.1, -0.05) is 0 Å². The summed E-state index contributed by atoms with van der Waals surface area (Å²) in [6.45, 7) is 10.1. The van der Waals surface area contributed by atoms with Crippen molar-refractivity contribution in [1.29, 1.82) is 0 Å². The van der Waals surface area contributed by atoms with E-state index >= 15 is 4.39 Å². The summed E-state index contributed by atoms with van der Waals surface area (Å²) in [5, 5.41) is 2.77. The number of hydrogen-bond acceptors (Lipinski definition) is 8. The van der Waals surface area contributed by atoms with E-state index in [1.807, 2.05) is 13.1 Å². The largest absolute Gasteiger partial charge is 0.386 e. The molecule has 0 aliphatic carbocycles. The van der Waals surface area contributed by atoms with E-state index in [0.717, 1.165) is 75.1 Å². The highest BCUT2D eigenvalue weighted by molar-refractivity contribution is 7.55. The van der Waals surface area contributed by atoms with Crippen LogP contribution in [0.25, 0.3) is 11.1 Å². The van der Waals surface area contributed by atoms with E-state index in [2.05, 4.69) is 62.8 Å². The molecule has 0 radical (unpaired) electrons. The fraction of sp³-hybridized carbons (Fsp3) is 0.452. The number of halogens is 4. The molecule has 238 valence electrons. The maximum absolute atomic E-state index is 15.3. The number of carbonyl (C=O) groups is 1. The highest BCUT2D eigenvalue weighted by Crippen LogP contribution is 2.38. The highest BCUT2D eigenvalue weighted by atomic mass is 31.2. The Morgan fingerprint density at radius 2 is 1.61 bits per heavy atom. The third-order valence-electron chi connectivity index (χ3n) is 8.31. The third-order valence-corrected chi connectivity index (χ3v) is 9.06. The third kappa shape index (κ3) is 8.02. The molecule has 5 rings (SSSR count). The number of nitrogens with zero attached hydrogens (tertiary/aromatic N) is 6. The average molecular weight is 634 g/mol. The lowest BCUT2D eigenvalue weighted by Crippen LogP contribution is -2.55. The van der Waals surface area contributed by atoms with Gasteiger partial charge in [-0.15, -0.1) is 0 Å². The molecule has 2 fully saturated rings. The second-order valence-corrected chi connectivity index (χ2v) is 12.3. The molecule has 0 spiro atoms. The molecule has 2 aromatic carbocycles. The number of rotatable bonds is 6. The summed E-state index contributed by atoms with van der Waals surface area (Å²) in [7, 11) is 2.78. The van der Waals surface area contributed by atoms with Gasteiger partial charge in [0.1, 0.15) is 11.6 Å². The second kappa shape index (κ2) is 15.1. The van der Waals surface area contributed by atoms with Gasteiger partial charge in [0.25, 0.3) is 8.54 Å². The summed E-state index contributed by atoms with van der Waals surface area (Å²) in [4.78, 5) is 28.5. The van der Waals surface area contributed by atoms with E-state index in [1.165, 1.54) is 0 Å². The SMILES string of the molecule is CNc1cc(-c2cnc(N3CCCN(C)CC3)nc2)c(F)cc1N1CC(C)N(C)C(C)C1.O=Cc1ccc(F)cc1P(F)F. The zero-order valence-corrected chi connectivity index (χ0v) is 26.7. The number of likely N-dealkylation sites (N-methyl/N-ethyl adjacent to an activating group) is 2. The number of benzene rings is 2. The van der Waals surface area contributed by atoms with Crippen molar-refractivity contribution in [1.82, 2.24) is 19.8 Å². The molecule has 2 unspecified atom stereocenters. The molecule has 1 N–H and O–H groups in total. The fourth-order valence-electron chi connectivity index (χ4n) is 5.48. The lowest BCUT2D eigenvalue weighted by atomic mass is 10.0. The van der Waals surface area contributed by atoms with Crippen LogP contribution in [-0.4, -0.2) is 98.5 Å². The molecule has 3 heterocycles. The first kappa shape index (κ1) is 33.6. The molecule has 1 aromatic heterocycles. The first-order valence-electron chi connectivity index (χ1n) is 14.6. The van der Waals surface area contributed by atoms with E-state index in [4.69, 9.17) is 0 Å². The molecule has 2 saturated heterocycles. The van der Waals surface area contributed by atoms with Crippen LogP contribution < -0.4 is 20.4 Å². The van der Waals surface area contributed by atoms with Crippen molar-refractivity contribution in [3.05, 3.63) is 59.9 Å². The van der Waals surface area contributed by atoms with E-state index in [-0.39, 0.29) is 11.4 Å². The van der Waals surface area contributed by atoms with Crippen LogP contribution in [0.5, 0.6) is 0 Å². The van der Waals surface area contributed by atoms with Gasteiger partial charge in [0.15, 0.2) is 6.29 Å². The molecule has 0 amide bonds. The second-order valence-electron chi connectivity index (χ2n) is 11.3. The Labute approximate surface area is 258 Å². The first-order valence-corrected chi connectivity index (χ1v) is 15.7. The summed E-state index contributed by atoms with van der Waals surface area (Å²) in [6.07, 6.45) is 4.87. The Kier molecular flexibility index (Phi) is 11.5.